The van der Waals surface area contributed by atoms with E-state index in [1.807, 2.05) is 45.0 Å². The van der Waals surface area contributed by atoms with Gasteiger partial charge in [-0.3, -0.25) is 0 Å². The molecule has 2 rings (SSSR count). The van der Waals surface area contributed by atoms with Gasteiger partial charge in [0, 0.05) is 30.4 Å². The maximum Gasteiger partial charge on any atom is 0.410 e. The molecule has 0 aromatic heterocycles. The number of carbonyl (C=O) groups is 1. The third-order valence-electron chi connectivity index (χ3n) is 3.92. The van der Waals surface area contributed by atoms with E-state index in [4.69, 9.17) is 4.74 Å². The molecule has 1 aromatic rings. The molecule has 1 aromatic carbocycles. The molecule has 5 heteroatoms. The summed E-state index contributed by atoms with van der Waals surface area (Å²) in [5.74, 6) is 5.77. The number of likely N-dealkylation sites (tertiary alicyclic amines) is 1. The zero-order valence-electron chi connectivity index (χ0n) is 16.4. The second-order valence-electron chi connectivity index (χ2n) is 8.27. The molecule has 1 aliphatic heterocycles. The lowest BCUT2D eigenvalue weighted by Crippen LogP contribution is -2.44. The van der Waals surface area contributed by atoms with Gasteiger partial charge in [0.05, 0.1) is 0 Å². The Bertz CT molecular complexity index is 664. The molecule has 1 fully saturated rings. The number of ether oxygens (including phenoxy) is 1. The maximum atomic E-state index is 12.1. The Morgan fingerprint density at radius 3 is 2.23 bits per heavy atom. The summed E-state index contributed by atoms with van der Waals surface area (Å²) in [4.78, 5) is 13.9. The molecule has 0 atom stereocenters. The van der Waals surface area contributed by atoms with Gasteiger partial charge in [-0.1, -0.05) is 11.8 Å². The van der Waals surface area contributed by atoms with Crippen LogP contribution in [-0.4, -0.2) is 46.4 Å². The molecule has 0 saturated carbocycles. The number of amides is 1. The number of hydrogen-bond donors (Lipinski definition) is 2. The van der Waals surface area contributed by atoms with Crippen molar-refractivity contribution in [2.45, 2.75) is 64.7 Å². The molecule has 2 N–H and O–H groups in total. The monoisotopic (exact) mass is 358 g/mol. The minimum Gasteiger partial charge on any atom is -0.444 e. The lowest BCUT2D eigenvalue weighted by atomic mass is 10.0. The van der Waals surface area contributed by atoms with Crippen molar-refractivity contribution in [3.05, 3.63) is 29.8 Å². The average molecular weight is 358 g/mol. The molecule has 0 aliphatic carbocycles. The van der Waals surface area contributed by atoms with E-state index in [9.17, 15) is 9.90 Å². The molecule has 1 saturated heterocycles. The van der Waals surface area contributed by atoms with Crippen molar-refractivity contribution in [1.29, 1.82) is 0 Å². The Hall–Kier alpha value is -2.19. The number of rotatable bonds is 2. The first-order chi connectivity index (χ1) is 12.0. The fraction of sp³-hybridized carbons (Fsp3) is 0.571. The smallest absolute Gasteiger partial charge is 0.410 e. The molecule has 0 radical (unpaired) electrons. The fourth-order valence-corrected chi connectivity index (χ4v) is 2.64. The molecule has 1 amide bonds. The zero-order chi connectivity index (χ0) is 19.4. The normalized spacial score (nSPS) is 15.8. The van der Waals surface area contributed by atoms with Gasteiger partial charge in [-0.2, -0.15) is 0 Å². The first-order valence-corrected chi connectivity index (χ1v) is 9.12. The maximum absolute atomic E-state index is 12.1. The van der Waals surface area contributed by atoms with Gasteiger partial charge in [-0.05, 0) is 71.7 Å². The number of hydrogen-bond acceptors (Lipinski definition) is 4. The molecule has 1 aliphatic rings. The molecule has 26 heavy (non-hydrogen) atoms. The molecule has 1 heterocycles. The molecular formula is C21H30N2O3. The number of anilines is 1. The van der Waals surface area contributed by atoms with Gasteiger partial charge in [0.1, 0.15) is 11.2 Å². The third-order valence-corrected chi connectivity index (χ3v) is 3.92. The predicted octanol–water partition coefficient (Wildman–Crippen LogP) is 3.62. The van der Waals surface area contributed by atoms with Gasteiger partial charge in [-0.15, -0.1) is 0 Å². The summed E-state index contributed by atoms with van der Waals surface area (Å²) in [6.07, 6.45) is 1.55. The van der Waals surface area contributed by atoms with Crippen molar-refractivity contribution < 1.29 is 14.6 Å². The molecule has 142 valence electrons. The molecular weight excluding hydrogens is 328 g/mol. The first-order valence-electron chi connectivity index (χ1n) is 9.12. The number of carbonyl (C=O) groups excluding carboxylic acids is 1. The Kier molecular flexibility index (Phi) is 6.20. The van der Waals surface area contributed by atoms with Gasteiger partial charge >= 0.3 is 6.09 Å². The zero-order valence-corrected chi connectivity index (χ0v) is 16.4. The second-order valence-corrected chi connectivity index (χ2v) is 8.27. The summed E-state index contributed by atoms with van der Waals surface area (Å²) in [6, 6.07) is 8.21. The summed E-state index contributed by atoms with van der Waals surface area (Å²) < 4.78 is 5.43. The quantitative estimate of drug-likeness (QED) is 0.793. The molecule has 0 spiro atoms. The summed E-state index contributed by atoms with van der Waals surface area (Å²) in [6.45, 7) is 10.4. The number of nitrogens with one attached hydrogen (secondary N) is 1. The highest BCUT2D eigenvalue weighted by Gasteiger charge is 2.26. The molecule has 5 nitrogen and oxygen atoms in total. The SMILES string of the molecule is CC(C)(O)C#Cc1ccc(NC2CCN(C(=O)OC(C)(C)C)CC2)cc1. The van der Waals surface area contributed by atoms with Crippen LogP contribution in [0, 0.1) is 11.8 Å². The van der Waals surface area contributed by atoms with Crippen molar-refractivity contribution in [2.24, 2.45) is 0 Å². The second kappa shape index (κ2) is 8.01. The molecule has 0 bridgehead atoms. The van der Waals surface area contributed by atoms with Crippen molar-refractivity contribution in [2.75, 3.05) is 18.4 Å². The summed E-state index contributed by atoms with van der Waals surface area (Å²) in [5.41, 5.74) is 0.466. The van der Waals surface area contributed by atoms with Crippen LogP contribution in [0.3, 0.4) is 0 Å². The van der Waals surface area contributed by atoms with Crippen LogP contribution in [0.1, 0.15) is 53.0 Å². The average Bonchev–Trinajstić information content (AvgIpc) is 2.52. The van der Waals surface area contributed by atoms with Crippen LogP contribution in [0.4, 0.5) is 10.5 Å². The van der Waals surface area contributed by atoms with E-state index in [2.05, 4.69) is 17.2 Å². The number of nitrogens with zero attached hydrogens (tertiary/aromatic N) is 1. The van der Waals surface area contributed by atoms with Crippen LogP contribution >= 0.6 is 0 Å². The Morgan fingerprint density at radius 2 is 1.73 bits per heavy atom. The fourth-order valence-electron chi connectivity index (χ4n) is 2.64. The minimum atomic E-state index is -0.987. The van der Waals surface area contributed by atoms with Crippen molar-refractivity contribution >= 4 is 11.8 Å². The predicted molar refractivity (Wildman–Crippen MR) is 104 cm³/mol. The van der Waals surface area contributed by atoms with Crippen molar-refractivity contribution in [3.8, 4) is 11.8 Å². The number of aliphatic hydroxyl groups is 1. The highest BCUT2D eigenvalue weighted by molar-refractivity contribution is 5.68. The van der Waals surface area contributed by atoms with Gasteiger partial charge in [-0.25, -0.2) is 4.79 Å². The summed E-state index contributed by atoms with van der Waals surface area (Å²) in [7, 11) is 0. The van der Waals surface area contributed by atoms with E-state index in [1.54, 1.807) is 18.7 Å². The van der Waals surface area contributed by atoms with Crippen LogP contribution in [0.2, 0.25) is 0 Å². The number of piperidine rings is 1. The van der Waals surface area contributed by atoms with Gasteiger partial charge in [0.15, 0.2) is 0 Å². The van der Waals surface area contributed by atoms with E-state index >= 15 is 0 Å². The Labute approximate surface area is 156 Å². The van der Waals surface area contributed by atoms with Crippen LogP contribution in [0.15, 0.2) is 24.3 Å². The van der Waals surface area contributed by atoms with Crippen molar-refractivity contribution in [1.82, 2.24) is 4.90 Å². The van der Waals surface area contributed by atoms with Crippen LogP contribution < -0.4 is 5.32 Å². The summed E-state index contributed by atoms with van der Waals surface area (Å²) >= 11 is 0. The van der Waals surface area contributed by atoms with E-state index in [1.165, 1.54) is 0 Å². The van der Waals surface area contributed by atoms with E-state index < -0.39 is 11.2 Å². The largest absolute Gasteiger partial charge is 0.444 e. The highest BCUT2D eigenvalue weighted by Crippen LogP contribution is 2.19. The third kappa shape index (κ3) is 6.97. The summed E-state index contributed by atoms with van der Waals surface area (Å²) in [5, 5.41) is 13.2. The van der Waals surface area contributed by atoms with Gasteiger partial charge < -0.3 is 20.1 Å². The first kappa shape index (κ1) is 20.1. The minimum absolute atomic E-state index is 0.231. The van der Waals surface area contributed by atoms with E-state index in [0.29, 0.717) is 19.1 Å². The van der Waals surface area contributed by atoms with Crippen molar-refractivity contribution in [3.63, 3.8) is 0 Å². The van der Waals surface area contributed by atoms with Crippen LogP contribution in [0.25, 0.3) is 0 Å². The van der Waals surface area contributed by atoms with E-state index in [-0.39, 0.29) is 6.09 Å². The molecule has 0 unspecified atom stereocenters. The lowest BCUT2D eigenvalue weighted by molar-refractivity contribution is 0.0210. The topological polar surface area (TPSA) is 61.8 Å². The Morgan fingerprint density at radius 1 is 1.15 bits per heavy atom. The van der Waals surface area contributed by atoms with Gasteiger partial charge in [0.2, 0.25) is 0 Å². The van der Waals surface area contributed by atoms with Crippen LogP contribution in [-0.2, 0) is 4.74 Å². The number of benzene rings is 1. The lowest BCUT2D eigenvalue weighted by Gasteiger charge is -2.34. The van der Waals surface area contributed by atoms with Crippen LogP contribution in [0.5, 0.6) is 0 Å². The van der Waals surface area contributed by atoms with E-state index in [0.717, 1.165) is 24.1 Å². The Balaban J connectivity index is 1.84. The standard InChI is InChI=1S/C21H30N2O3/c1-20(2,3)26-19(24)23-14-11-18(12-15-23)22-17-8-6-16(7-9-17)10-13-21(4,5)25/h6-9,18,22,25H,11-12,14-15H2,1-5H3. The highest BCUT2D eigenvalue weighted by atomic mass is 16.6. The van der Waals surface area contributed by atoms with Gasteiger partial charge in [0.25, 0.3) is 0 Å².